The second-order valence-electron chi connectivity index (χ2n) is 5.89. The Bertz CT molecular complexity index is 513. The molecule has 0 radical (unpaired) electrons. The first kappa shape index (κ1) is 14.3. The minimum Gasteiger partial charge on any atom is -0.396 e. The number of hydrogen-bond acceptors (Lipinski definition) is 2. The fourth-order valence-corrected chi connectivity index (χ4v) is 3.40. The summed E-state index contributed by atoms with van der Waals surface area (Å²) in [7, 11) is 0. The van der Waals surface area contributed by atoms with Gasteiger partial charge >= 0.3 is 0 Å². The van der Waals surface area contributed by atoms with Crippen molar-refractivity contribution in [1.82, 2.24) is 5.32 Å². The van der Waals surface area contributed by atoms with Crippen molar-refractivity contribution in [3.05, 3.63) is 71.8 Å². The van der Waals surface area contributed by atoms with E-state index in [4.69, 9.17) is 5.11 Å². The molecule has 0 heterocycles. The lowest BCUT2D eigenvalue weighted by molar-refractivity contribution is 0.285. The van der Waals surface area contributed by atoms with Gasteiger partial charge in [0.25, 0.3) is 0 Å². The molecule has 0 saturated heterocycles. The highest BCUT2D eigenvalue weighted by Crippen LogP contribution is 2.58. The molecule has 2 nitrogen and oxygen atoms in total. The molecular weight excluding hydrogens is 258 g/mol. The number of nitrogens with one attached hydrogen (secondary N) is 1. The van der Waals surface area contributed by atoms with Crippen LogP contribution in [0.25, 0.3) is 0 Å². The van der Waals surface area contributed by atoms with Crippen LogP contribution in [0.2, 0.25) is 0 Å². The van der Waals surface area contributed by atoms with Crippen molar-refractivity contribution in [2.75, 3.05) is 19.7 Å². The summed E-state index contributed by atoms with van der Waals surface area (Å²) in [5, 5.41) is 12.3. The number of hydrogen-bond donors (Lipinski definition) is 2. The molecule has 1 atom stereocenters. The Morgan fingerprint density at radius 1 is 0.952 bits per heavy atom. The molecule has 1 fully saturated rings. The summed E-state index contributed by atoms with van der Waals surface area (Å²) in [6.07, 6.45) is 2.03. The van der Waals surface area contributed by atoms with Crippen LogP contribution in [-0.4, -0.2) is 24.8 Å². The number of rotatable bonds is 7. The monoisotopic (exact) mass is 281 g/mol. The molecule has 2 aromatic rings. The highest BCUT2D eigenvalue weighted by atomic mass is 16.3. The summed E-state index contributed by atoms with van der Waals surface area (Å²) < 4.78 is 0. The average Bonchev–Trinajstić information content (AvgIpc) is 3.29. The minimum atomic E-state index is 0.175. The van der Waals surface area contributed by atoms with Gasteiger partial charge in [-0.3, -0.25) is 0 Å². The van der Waals surface area contributed by atoms with Crippen molar-refractivity contribution >= 4 is 0 Å². The first-order valence-corrected chi connectivity index (χ1v) is 7.80. The molecule has 1 aliphatic carbocycles. The Balaban J connectivity index is 1.79. The largest absolute Gasteiger partial charge is 0.396 e. The quantitative estimate of drug-likeness (QED) is 0.765. The van der Waals surface area contributed by atoms with Gasteiger partial charge in [-0.05, 0) is 43.0 Å². The number of aliphatic hydroxyl groups is 1. The zero-order valence-corrected chi connectivity index (χ0v) is 12.3. The van der Waals surface area contributed by atoms with E-state index in [0.29, 0.717) is 5.92 Å². The standard InChI is InChI=1S/C19H23NO/c21-13-7-12-20-15-18-14-19(18,16-8-3-1-4-9-16)17-10-5-2-6-11-17/h1-6,8-11,18,20-21H,7,12-15H2. The predicted octanol–water partition coefficient (Wildman–Crippen LogP) is 2.96. The Kier molecular flexibility index (Phi) is 4.37. The summed E-state index contributed by atoms with van der Waals surface area (Å²) in [6, 6.07) is 21.7. The topological polar surface area (TPSA) is 32.3 Å². The summed E-state index contributed by atoms with van der Waals surface area (Å²) in [5.41, 5.74) is 3.02. The van der Waals surface area contributed by atoms with Gasteiger partial charge in [0.15, 0.2) is 0 Å². The number of benzene rings is 2. The van der Waals surface area contributed by atoms with E-state index in [1.807, 2.05) is 0 Å². The molecule has 1 saturated carbocycles. The van der Waals surface area contributed by atoms with E-state index in [1.54, 1.807) is 0 Å². The molecule has 0 spiro atoms. The molecule has 0 aromatic heterocycles. The van der Waals surface area contributed by atoms with Crippen molar-refractivity contribution in [2.45, 2.75) is 18.3 Å². The van der Waals surface area contributed by atoms with Crippen molar-refractivity contribution in [3.8, 4) is 0 Å². The fourth-order valence-electron chi connectivity index (χ4n) is 3.40. The highest BCUT2D eigenvalue weighted by molar-refractivity contribution is 5.47. The van der Waals surface area contributed by atoms with Gasteiger partial charge in [0.2, 0.25) is 0 Å². The third kappa shape index (κ3) is 2.87. The van der Waals surface area contributed by atoms with E-state index >= 15 is 0 Å². The molecular formula is C19H23NO. The minimum absolute atomic E-state index is 0.175. The highest BCUT2D eigenvalue weighted by Gasteiger charge is 2.55. The molecule has 2 heteroatoms. The van der Waals surface area contributed by atoms with E-state index in [-0.39, 0.29) is 12.0 Å². The van der Waals surface area contributed by atoms with E-state index in [0.717, 1.165) is 19.5 Å². The molecule has 1 aliphatic rings. The van der Waals surface area contributed by atoms with Gasteiger partial charge in [-0.25, -0.2) is 0 Å². The van der Waals surface area contributed by atoms with Gasteiger partial charge in [0.05, 0.1) is 0 Å². The van der Waals surface area contributed by atoms with Gasteiger partial charge in [0.1, 0.15) is 0 Å². The lowest BCUT2D eigenvalue weighted by Gasteiger charge is -2.19. The van der Waals surface area contributed by atoms with Crippen molar-refractivity contribution in [2.24, 2.45) is 5.92 Å². The van der Waals surface area contributed by atoms with Gasteiger partial charge < -0.3 is 10.4 Å². The number of aliphatic hydroxyl groups excluding tert-OH is 1. The van der Waals surface area contributed by atoms with Crippen LogP contribution in [0.4, 0.5) is 0 Å². The maximum atomic E-state index is 8.87. The predicted molar refractivity (Wildman–Crippen MR) is 86.3 cm³/mol. The fraction of sp³-hybridized carbons (Fsp3) is 0.368. The van der Waals surface area contributed by atoms with Crippen LogP contribution in [0.1, 0.15) is 24.0 Å². The van der Waals surface area contributed by atoms with Crippen molar-refractivity contribution in [1.29, 1.82) is 0 Å². The summed E-state index contributed by atoms with van der Waals surface area (Å²) in [5.74, 6) is 0.640. The van der Waals surface area contributed by atoms with Crippen molar-refractivity contribution < 1.29 is 5.11 Å². The molecule has 110 valence electrons. The van der Waals surface area contributed by atoms with Crippen molar-refractivity contribution in [3.63, 3.8) is 0 Å². The zero-order valence-electron chi connectivity index (χ0n) is 12.3. The SMILES string of the molecule is OCCCNCC1CC1(c1ccccc1)c1ccccc1. The average molecular weight is 281 g/mol. The summed E-state index contributed by atoms with van der Waals surface area (Å²) in [6.45, 7) is 2.18. The van der Waals surface area contributed by atoms with Gasteiger partial charge in [-0.15, -0.1) is 0 Å². The lowest BCUT2D eigenvalue weighted by Crippen LogP contribution is -2.23. The van der Waals surface area contributed by atoms with Crippen LogP contribution in [0.5, 0.6) is 0 Å². The molecule has 0 bridgehead atoms. The van der Waals surface area contributed by atoms with Gasteiger partial charge in [0, 0.05) is 12.0 Å². The van der Waals surface area contributed by atoms with Crippen LogP contribution in [0.3, 0.4) is 0 Å². The molecule has 21 heavy (non-hydrogen) atoms. The molecule has 2 N–H and O–H groups in total. The Labute approximate surface area is 126 Å². The second-order valence-corrected chi connectivity index (χ2v) is 5.89. The maximum absolute atomic E-state index is 8.87. The maximum Gasteiger partial charge on any atom is 0.0443 e. The molecule has 1 unspecified atom stereocenters. The molecule has 0 aliphatic heterocycles. The smallest absolute Gasteiger partial charge is 0.0443 e. The van der Waals surface area contributed by atoms with Crippen LogP contribution in [0.15, 0.2) is 60.7 Å². The zero-order chi connectivity index (χ0) is 14.5. The second kappa shape index (κ2) is 6.42. The first-order chi connectivity index (χ1) is 10.4. The molecule has 2 aromatic carbocycles. The molecule has 0 amide bonds. The first-order valence-electron chi connectivity index (χ1n) is 7.80. The summed E-state index contributed by atoms with van der Waals surface area (Å²) in [4.78, 5) is 0. The lowest BCUT2D eigenvalue weighted by atomic mass is 9.86. The third-order valence-corrected chi connectivity index (χ3v) is 4.59. The van der Waals surface area contributed by atoms with E-state index < -0.39 is 0 Å². The molecule has 3 rings (SSSR count). The van der Waals surface area contributed by atoms with Gasteiger partial charge in [-0.1, -0.05) is 60.7 Å². The third-order valence-electron chi connectivity index (χ3n) is 4.59. The van der Waals surface area contributed by atoms with Crippen LogP contribution < -0.4 is 5.32 Å². The Morgan fingerprint density at radius 3 is 2.05 bits per heavy atom. The van der Waals surface area contributed by atoms with Crippen LogP contribution >= 0.6 is 0 Å². The van der Waals surface area contributed by atoms with Crippen LogP contribution in [0, 0.1) is 5.92 Å². The van der Waals surface area contributed by atoms with Gasteiger partial charge in [-0.2, -0.15) is 0 Å². The summed E-state index contributed by atoms with van der Waals surface area (Å²) >= 11 is 0. The Hall–Kier alpha value is -1.64. The van der Waals surface area contributed by atoms with E-state index in [9.17, 15) is 0 Å². The van der Waals surface area contributed by atoms with E-state index in [1.165, 1.54) is 17.5 Å². The normalized spacial score (nSPS) is 19.4. The van der Waals surface area contributed by atoms with E-state index in [2.05, 4.69) is 66.0 Å². The van der Waals surface area contributed by atoms with Crippen LogP contribution in [-0.2, 0) is 5.41 Å². The Morgan fingerprint density at radius 2 is 1.52 bits per heavy atom.